The SMILES string of the molecule is CCOCC1CCC2C(CCC3C2CCC2(C)C(CCn4nccc4C#N)CCC32)C1. The molecule has 1 aromatic rings. The maximum absolute atomic E-state index is 9.30. The van der Waals surface area contributed by atoms with Gasteiger partial charge in [-0.2, -0.15) is 10.4 Å². The Balaban J connectivity index is 1.23. The van der Waals surface area contributed by atoms with Crippen LogP contribution >= 0.6 is 0 Å². The van der Waals surface area contributed by atoms with Gasteiger partial charge in [0.05, 0.1) is 6.20 Å². The molecule has 4 fully saturated rings. The monoisotopic (exact) mass is 423 g/mol. The van der Waals surface area contributed by atoms with Crippen molar-refractivity contribution in [3.05, 3.63) is 18.0 Å². The molecule has 0 N–H and O–H groups in total. The Morgan fingerprint density at radius 3 is 2.84 bits per heavy atom. The number of aryl methyl sites for hydroxylation is 1. The van der Waals surface area contributed by atoms with E-state index < -0.39 is 0 Å². The van der Waals surface area contributed by atoms with E-state index in [-0.39, 0.29) is 0 Å². The Kier molecular flexibility index (Phi) is 6.17. The van der Waals surface area contributed by atoms with Crippen LogP contribution in [0.1, 0.15) is 83.7 Å². The highest BCUT2D eigenvalue weighted by atomic mass is 16.5. The van der Waals surface area contributed by atoms with Gasteiger partial charge in [-0.05, 0) is 124 Å². The van der Waals surface area contributed by atoms with Crippen LogP contribution in [0.2, 0.25) is 0 Å². The van der Waals surface area contributed by atoms with Crippen molar-refractivity contribution >= 4 is 0 Å². The lowest BCUT2D eigenvalue weighted by Crippen LogP contribution is -2.48. The predicted octanol–water partition coefficient (Wildman–Crippen LogP) is 6.07. The Hall–Kier alpha value is -1.34. The molecule has 170 valence electrons. The first kappa shape index (κ1) is 21.5. The first-order chi connectivity index (χ1) is 15.1. The minimum Gasteiger partial charge on any atom is -0.381 e. The molecular weight excluding hydrogens is 382 g/mol. The number of nitrogens with zero attached hydrogens (tertiary/aromatic N) is 3. The Bertz CT molecular complexity index is 797. The summed E-state index contributed by atoms with van der Waals surface area (Å²) in [5, 5.41) is 13.7. The fraction of sp³-hybridized carbons (Fsp3) is 0.852. The molecule has 4 saturated carbocycles. The summed E-state index contributed by atoms with van der Waals surface area (Å²) in [6.07, 6.45) is 15.9. The molecule has 8 unspecified atom stereocenters. The van der Waals surface area contributed by atoms with E-state index in [1.165, 1.54) is 64.2 Å². The van der Waals surface area contributed by atoms with Gasteiger partial charge in [0.1, 0.15) is 11.8 Å². The maximum atomic E-state index is 9.30. The summed E-state index contributed by atoms with van der Waals surface area (Å²) in [6, 6.07) is 4.13. The van der Waals surface area contributed by atoms with E-state index >= 15 is 0 Å². The van der Waals surface area contributed by atoms with Crippen LogP contribution in [0.4, 0.5) is 0 Å². The minimum atomic E-state index is 0.514. The third-order valence-electron chi connectivity index (χ3n) is 10.3. The van der Waals surface area contributed by atoms with Crippen LogP contribution in [0, 0.1) is 58.2 Å². The average Bonchev–Trinajstić information content (AvgIpc) is 3.39. The molecule has 4 aliphatic carbocycles. The van der Waals surface area contributed by atoms with Gasteiger partial charge >= 0.3 is 0 Å². The van der Waals surface area contributed by atoms with Gasteiger partial charge in [-0.3, -0.25) is 4.68 Å². The van der Waals surface area contributed by atoms with Crippen molar-refractivity contribution in [1.29, 1.82) is 5.26 Å². The molecule has 0 aromatic carbocycles. The zero-order chi connectivity index (χ0) is 21.4. The van der Waals surface area contributed by atoms with Crippen LogP contribution in [0.3, 0.4) is 0 Å². The Morgan fingerprint density at radius 2 is 2.00 bits per heavy atom. The topological polar surface area (TPSA) is 50.8 Å². The number of hydrogen-bond acceptors (Lipinski definition) is 3. The highest BCUT2D eigenvalue weighted by Crippen LogP contribution is 2.65. The van der Waals surface area contributed by atoms with Crippen molar-refractivity contribution in [2.24, 2.45) is 46.8 Å². The van der Waals surface area contributed by atoms with E-state index in [9.17, 15) is 5.26 Å². The Morgan fingerprint density at radius 1 is 1.13 bits per heavy atom. The van der Waals surface area contributed by atoms with Crippen LogP contribution in [-0.4, -0.2) is 23.0 Å². The molecule has 0 amide bonds. The van der Waals surface area contributed by atoms with Crippen molar-refractivity contribution in [1.82, 2.24) is 9.78 Å². The molecule has 1 aromatic heterocycles. The molecule has 0 bridgehead atoms. The summed E-state index contributed by atoms with van der Waals surface area (Å²) >= 11 is 0. The molecule has 0 radical (unpaired) electrons. The van der Waals surface area contributed by atoms with Gasteiger partial charge in [-0.15, -0.1) is 0 Å². The van der Waals surface area contributed by atoms with Gasteiger partial charge in [0.15, 0.2) is 0 Å². The summed E-state index contributed by atoms with van der Waals surface area (Å²) in [4.78, 5) is 0. The van der Waals surface area contributed by atoms with Gasteiger partial charge in [0, 0.05) is 19.8 Å². The summed E-state index contributed by atoms with van der Waals surface area (Å²) in [5.74, 6) is 6.52. The highest BCUT2D eigenvalue weighted by molar-refractivity contribution is 5.18. The largest absolute Gasteiger partial charge is 0.381 e. The first-order valence-corrected chi connectivity index (χ1v) is 13.1. The maximum Gasteiger partial charge on any atom is 0.138 e. The summed E-state index contributed by atoms with van der Waals surface area (Å²) in [7, 11) is 0. The lowest BCUT2D eigenvalue weighted by molar-refractivity contribution is -0.0737. The second kappa shape index (κ2) is 8.89. The second-order valence-electron chi connectivity index (χ2n) is 11.4. The third kappa shape index (κ3) is 3.86. The molecular formula is C27H41N3O. The van der Waals surface area contributed by atoms with E-state index in [0.29, 0.717) is 11.1 Å². The Labute approximate surface area is 188 Å². The number of nitriles is 1. The molecule has 0 saturated heterocycles. The molecule has 1 heterocycles. The van der Waals surface area contributed by atoms with Gasteiger partial charge < -0.3 is 4.74 Å². The second-order valence-corrected chi connectivity index (χ2v) is 11.4. The molecule has 8 atom stereocenters. The van der Waals surface area contributed by atoms with E-state index in [4.69, 9.17) is 4.74 Å². The van der Waals surface area contributed by atoms with Crippen LogP contribution in [0.25, 0.3) is 0 Å². The molecule has 4 heteroatoms. The first-order valence-electron chi connectivity index (χ1n) is 13.1. The zero-order valence-electron chi connectivity index (χ0n) is 19.6. The smallest absolute Gasteiger partial charge is 0.138 e. The molecule has 0 spiro atoms. The van der Waals surface area contributed by atoms with Crippen molar-refractivity contribution in [3.63, 3.8) is 0 Å². The van der Waals surface area contributed by atoms with E-state index in [0.717, 1.165) is 61.2 Å². The number of ether oxygens (including phenoxy) is 1. The lowest BCUT2D eigenvalue weighted by atomic mass is 9.49. The lowest BCUT2D eigenvalue weighted by Gasteiger charge is -2.56. The van der Waals surface area contributed by atoms with E-state index in [1.807, 2.05) is 10.7 Å². The van der Waals surface area contributed by atoms with Crippen molar-refractivity contribution < 1.29 is 4.74 Å². The molecule has 4 aliphatic rings. The number of rotatable bonds is 6. The van der Waals surface area contributed by atoms with E-state index in [2.05, 4.69) is 25.0 Å². The van der Waals surface area contributed by atoms with Gasteiger partial charge in [-0.25, -0.2) is 0 Å². The van der Waals surface area contributed by atoms with Gasteiger partial charge in [-0.1, -0.05) is 6.92 Å². The van der Waals surface area contributed by atoms with Crippen LogP contribution in [0.5, 0.6) is 0 Å². The standard InChI is InChI=1S/C27H41N3O/c1-3-31-18-19-4-7-23-20(16-19)5-8-25-24(23)10-13-27(2)21(6-9-26(25)27)12-15-30-22(17-28)11-14-29-30/h11,14,19-21,23-26H,3-10,12-13,15-16,18H2,1-2H3. The van der Waals surface area contributed by atoms with Crippen LogP contribution < -0.4 is 0 Å². The predicted molar refractivity (Wildman–Crippen MR) is 122 cm³/mol. The third-order valence-corrected chi connectivity index (χ3v) is 10.3. The quantitative estimate of drug-likeness (QED) is 0.558. The number of aromatic nitrogens is 2. The zero-order valence-corrected chi connectivity index (χ0v) is 19.6. The minimum absolute atomic E-state index is 0.514. The summed E-state index contributed by atoms with van der Waals surface area (Å²) in [6.45, 7) is 7.53. The van der Waals surface area contributed by atoms with Crippen LogP contribution in [0.15, 0.2) is 12.3 Å². The van der Waals surface area contributed by atoms with Gasteiger partial charge in [0.25, 0.3) is 0 Å². The number of fused-ring (bicyclic) bond motifs is 5. The fourth-order valence-corrected chi connectivity index (χ4v) is 8.85. The van der Waals surface area contributed by atoms with Crippen LogP contribution in [-0.2, 0) is 11.3 Å². The van der Waals surface area contributed by atoms with Crippen molar-refractivity contribution in [3.8, 4) is 6.07 Å². The summed E-state index contributed by atoms with van der Waals surface area (Å²) in [5.41, 5.74) is 1.22. The molecule has 5 rings (SSSR count). The highest BCUT2D eigenvalue weighted by Gasteiger charge is 2.56. The molecule has 31 heavy (non-hydrogen) atoms. The van der Waals surface area contributed by atoms with E-state index in [1.54, 1.807) is 6.20 Å². The van der Waals surface area contributed by atoms with Crippen molar-refractivity contribution in [2.45, 2.75) is 84.6 Å². The molecule has 0 aliphatic heterocycles. The fourth-order valence-electron chi connectivity index (χ4n) is 8.85. The number of hydrogen-bond donors (Lipinski definition) is 0. The normalized spacial score (nSPS) is 41.8. The van der Waals surface area contributed by atoms with Gasteiger partial charge in [0.2, 0.25) is 0 Å². The summed E-state index contributed by atoms with van der Waals surface area (Å²) < 4.78 is 7.71. The molecule has 4 nitrogen and oxygen atoms in total. The average molecular weight is 424 g/mol. The van der Waals surface area contributed by atoms with Crippen molar-refractivity contribution in [2.75, 3.05) is 13.2 Å².